The van der Waals surface area contributed by atoms with Gasteiger partial charge in [0.15, 0.2) is 0 Å². The minimum absolute atomic E-state index is 0.0624. The van der Waals surface area contributed by atoms with Gasteiger partial charge in [-0.25, -0.2) is 0 Å². The Balaban J connectivity index is 1.60. The number of alkyl halides is 3. The van der Waals surface area contributed by atoms with Gasteiger partial charge in [-0.2, -0.15) is 13.2 Å². The number of hydrogen-bond donors (Lipinski definition) is 2. The zero-order chi connectivity index (χ0) is 36.4. The number of thioether (sulfide) groups is 1. The van der Waals surface area contributed by atoms with E-state index >= 15 is 0 Å². The maximum atomic E-state index is 14.2. The van der Waals surface area contributed by atoms with Gasteiger partial charge < -0.3 is 20.2 Å². The third kappa shape index (κ3) is 7.75. The number of likely N-dealkylation sites (N-methyl/N-ethyl adjacent to an activating group) is 2. The van der Waals surface area contributed by atoms with E-state index in [4.69, 9.17) is 34.8 Å². The summed E-state index contributed by atoms with van der Waals surface area (Å²) in [4.78, 5) is 44.7. The van der Waals surface area contributed by atoms with E-state index < -0.39 is 55.1 Å². The van der Waals surface area contributed by atoms with Gasteiger partial charge in [0.05, 0.1) is 33.4 Å². The molecule has 3 aromatic carbocycles. The van der Waals surface area contributed by atoms with Crippen molar-refractivity contribution in [3.63, 3.8) is 0 Å². The third-order valence-electron chi connectivity index (χ3n) is 9.68. The molecule has 0 aromatic heterocycles. The van der Waals surface area contributed by atoms with Crippen LogP contribution >= 0.6 is 46.6 Å². The number of fused-ring (bicyclic) bond motifs is 2. The molecule has 2 aliphatic heterocycles. The molecule has 2 aliphatic rings. The lowest BCUT2D eigenvalue weighted by Crippen LogP contribution is -2.68. The lowest BCUT2D eigenvalue weighted by molar-refractivity contribution is -0.164. The number of benzene rings is 3. The number of aliphatic hydroxyl groups is 1. The molecule has 2 atom stereocenters. The highest BCUT2D eigenvalue weighted by molar-refractivity contribution is 7.99. The van der Waals surface area contributed by atoms with Crippen LogP contribution in [0.3, 0.4) is 0 Å². The Kier molecular flexibility index (Phi) is 11.7. The number of nitrogens with one attached hydrogen (secondary N) is 1. The summed E-state index contributed by atoms with van der Waals surface area (Å²) in [5.74, 6) is -2.60. The standard InChI is InChI=1S/C35H36Cl3F3N4O4S/c1-43(30(47)18-35(39,40)41)21-34(23-11-12-25(36)27(38)17-23,44(2)32(49)31(48)42-28-10-6-5-9-26(28)37)29(19-46)45-15-13-33(14-16-45)24-8-4-3-7-22(24)20-50-33/h3-12,17,29,46H,13-16,18-21H2,1-2H3,(H,42,48)/t29-,34?/m1/s1. The van der Waals surface area contributed by atoms with Gasteiger partial charge in [0.1, 0.15) is 12.0 Å². The Morgan fingerprint density at radius 1 is 0.960 bits per heavy atom. The molecule has 268 valence electrons. The van der Waals surface area contributed by atoms with Crippen LogP contribution in [0.1, 0.15) is 36.0 Å². The lowest BCUT2D eigenvalue weighted by Gasteiger charge is -2.53. The molecule has 8 nitrogen and oxygen atoms in total. The maximum Gasteiger partial charge on any atom is 0.397 e. The number of nitrogens with zero attached hydrogens (tertiary/aromatic N) is 3. The number of carbonyl (C=O) groups is 3. The van der Waals surface area contributed by atoms with Crippen LogP contribution in [0.15, 0.2) is 66.7 Å². The third-order valence-corrected chi connectivity index (χ3v) is 12.4. The average Bonchev–Trinajstić information content (AvgIpc) is 3.43. The highest BCUT2D eigenvalue weighted by Crippen LogP contribution is 2.54. The van der Waals surface area contributed by atoms with E-state index in [1.54, 1.807) is 12.1 Å². The molecule has 0 radical (unpaired) electrons. The fourth-order valence-corrected chi connectivity index (χ4v) is 9.06. The Labute approximate surface area is 307 Å². The van der Waals surface area contributed by atoms with Gasteiger partial charge in [-0.15, -0.1) is 11.8 Å². The van der Waals surface area contributed by atoms with E-state index in [1.165, 1.54) is 55.6 Å². The number of hydrogen-bond acceptors (Lipinski definition) is 6. The van der Waals surface area contributed by atoms with Gasteiger partial charge in [-0.3, -0.25) is 19.3 Å². The number of amides is 3. The summed E-state index contributed by atoms with van der Waals surface area (Å²) in [6, 6.07) is 17.9. The summed E-state index contributed by atoms with van der Waals surface area (Å²) >= 11 is 20.9. The Hall–Kier alpha value is -3.00. The average molecular weight is 772 g/mol. The zero-order valence-corrected chi connectivity index (χ0v) is 30.4. The largest absolute Gasteiger partial charge is 0.397 e. The Bertz CT molecular complexity index is 1760. The number of rotatable bonds is 9. The number of likely N-dealkylation sites (tertiary alicyclic amines) is 1. The van der Waals surface area contributed by atoms with Crippen LogP contribution in [0.25, 0.3) is 0 Å². The molecular formula is C35H36Cl3F3N4O4S. The summed E-state index contributed by atoms with van der Waals surface area (Å²) in [6.07, 6.45) is -5.20. The van der Waals surface area contributed by atoms with Crippen molar-refractivity contribution in [1.82, 2.24) is 14.7 Å². The second-order valence-electron chi connectivity index (χ2n) is 12.6. The van der Waals surface area contributed by atoms with E-state index in [-0.39, 0.29) is 31.1 Å². The van der Waals surface area contributed by atoms with Crippen LogP contribution in [0.2, 0.25) is 15.1 Å². The molecule has 0 aliphatic carbocycles. The quantitative estimate of drug-likeness (QED) is 0.229. The molecule has 2 N–H and O–H groups in total. The smallest absolute Gasteiger partial charge is 0.395 e. The molecule has 1 saturated heterocycles. The predicted octanol–water partition coefficient (Wildman–Crippen LogP) is 6.95. The first-order valence-electron chi connectivity index (χ1n) is 15.8. The molecule has 0 saturated carbocycles. The van der Waals surface area contributed by atoms with Gasteiger partial charge in [0, 0.05) is 44.2 Å². The molecule has 1 unspecified atom stereocenters. The second-order valence-corrected chi connectivity index (χ2v) is 15.1. The van der Waals surface area contributed by atoms with Crippen molar-refractivity contribution < 1.29 is 32.7 Å². The molecular weight excluding hydrogens is 736 g/mol. The molecule has 1 spiro atoms. The van der Waals surface area contributed by atoms with Crippen LogP contribution in [-0.2, 0) is 30.4 Å². The number of halogens is 6. The summed E-state index contributed by atoms with van der Waals surface area (Å²) in [5.41, 5.74) is 1.10. The summed E-state index contributed by atoms with van der Waals surface area (Å²) < 4.78 is 40.2. The van der Waals surface area contributed by atoms with Crippen molar-refractivity contribution >= 4 is 70.0 Å². The number of anilines is 1. The molecule has 3 amide bonds. The van der Waals surface area contributed by atoms with Gasteiger partial charge in [-0.1, -0.05) is 77.3 Å². The van der Waals surface area contributed by atoms with Gasteiger partial charge in [0.25, 0.3) is 0 Å². The fraction of sp³-hybridized carbons (Fsp3) is 0.400. The van der Waals surface area contributed by atoms with Crippen molar-refractivity contribution in [2.24, 2.45) is 0 Å². The van der Waals surface area contributed by atoms with E-state index in [9.17, 15) is 32.7 Å². The van der Waals surface area contributed by atoms with E-state index in [0.717, 1.165) is 15.6 Å². The van der Waals surface area contributed by atoms with Crippen LogP contribution in [0.4, 0.5) is 18.9 Å². The first kappa shape index (κ1) is 38.2. The summed E-state index contributed by atoms with van der Waals surface area (Å²) in [6.45, 7) is -0.263. The monoisotopic (exact) mass is 770 g/mol. The van der Waals surface area contributed by atoms with Gasteiger partial charge >= 0.3 is 18.0 Å². The molecule has 2 heterocycles. The minimum atomic E-state index is -4.80. The summed E-state index contributed by atoms with van der Waals surface area (Å²) in [5, 5.41) is 14.1. The molecule has 50 heavy (non-hydrogen) atoms. The van der Waals surface area contributed by atoms with E-state index in [0.29, 0.717) is 25.9 Å². The van der Waals surface area contributed by atoms with Gasteiger partial charge in [-0.05, 0) is 53.8 Å². The topological polar surface area (TPSA) is 93.2 Å². The first-order valence-corrected chi connectivity index (χ1v) is 17.9. The van der Waals surface area contributed by atoms with Crippen LogP contribution < -0.4 is 5.32 Å². The van der Waals surface area contributed by atoms with Gasteiger partial charge in [0.2, 0.25) is 5.91 Å². The number of carbonyl (C=O) groups excluding carboxylic acids is 3. The Morgan fingerprint density at radius 2 is 1.62 bits per heavy atom. The zero-order valence-electron chi connectivity index (χ0n) is 27.3. The molecule has 15 heteroatoms. The molecule has 5 rings (SSSR count). The second kappa shape index (κ2) is 15.3. The lowest BCUT2D eigenvalue weighted by atomic mass is 9.77. The SMILES string of the molecule is CN(CC(c1ccc(Cl)c(Cl)c1)([C@@H](CO)N1CCC2(CC1)SCc1ccccc12)N(C)C(=O)C(=O)Nc1ccccc1Cl)C(=O)CC(F)(F)F. The normalized spacial score (nSPS) is 17.5. The van der Waals surface area contributed by atoms with Crippen molar-refractivity contribution in [3.05, 3.63) is 98.5 Å². The van der Waals surface area contributed by atoms with Crippen molar-refractivity contribution in [2.45, 2.75) is 47.5 Å². The molecule has 1 fully saturated rings. The van der Waals surface area contributed by atoms with Crippen molar-refractivity contribution in [1.29, 1.82) is 0 Å². The van der Waals surface area contributed by atoms with E-state index in [2.05, 4.69) is 17.4 Å². The van der Waals surface area contributed by atoms with Crippen LogP contribution in [0.5, 0.6) is 0 Å². The first-order chi connectivity index (χ1) is 23.6. The number of piperidine rings is 1. The van der Waals surface area contributed by atoms with Crippen LogP contribution in [0, 0.1) is 0 Å². The fourth-order valence-electron chi connectivity index (χ4n) is 7.07. The van der Waals surface area contributed by atoms with Crippen molar-refractivity contribution in [3.8, 4) is 0 Å². The van der Waals surface area contributed by atoms with Crippen LogP contribution in [-0.4, -0.2) is 90.1 Å². The Morgan fingerprint density at radius 3 is 2.26 bits per heavy atom. The number of para-hydroxylation sites is 1. The van der Waals surface area contributed by atoms with E-state index in [1.807, 2.05) is 28.8 Å². The predicted molar refractivity (Wildman–Crippen MR) is 190 cm³/mol. The minimum Gasteiger partial charge on any atom is -0.395 e. The highest BCUT2D eigenvalue weighted by atomic mass is 35.5. The highest BCUT2D eigenvalue weighted by Gasteiger charge is 2.53. The molecule has 0 bridgehead atoms. The maximum absolute atomic E-state index is 14.2. The van der Waals surface area contributed by atoms with Crippen molar-refractivity contribution in [2.75, 3.05) is 45.7 Å². The molecule has 3 aromatic rings. The summed E-state index contributed by atoms with van der Waals surface area (Å²) in [7, 11) is 2.50. The number of aliphatic hydroxyl groups excluding tert-OH is 1.